The molecular weight excluding hydrogens is 785 g/mol. The Morgan fingerprint density at radius 3 is 1.52 bits per heavy atom. The molecule has 0 fully saturated rings. The number of benzene rings is 10. The molecule has 1 atom stereocenters. The predicted octanol–water partition coefficient (Wildman–Crippen LogP) is 16.1. The minimum Gasteiger partial charge on any atom is -0.321 e. The van der Waals surface area contributed by atoms with Crippen LogP contribution >= 0.6 is 0 Å². The summed E-state index contributed by atoms with van der Waals surface area (Å²) >= 11 is 0. The van der Waals surface area contributed by atoms with Crippen molar-refractivity contribution in [2.75, 3.05) is 0 Å². The van der Waals surface area contributed by atoms with E-state index in [1.807, 2.05) is 48.7 Å². The molecule has 0 saturated heterocycles. The summed E-state index contributed by atoms with van der Waals surface area (Å²) < 4.78 is 0. The Labute approximate surface area is 381 Å². The van der Waals surface area contributed by atoms with E-state index in [4.69, 9.17) is 10.7 Å². The van der Waals surface area contributed by atoms with Crippen molar-refractivity contribution in [1.29, 1.82) is 0 Å². The van der Waals surface area contributed by atoms with E-state index in [9.17, 15) is 0 Å². The van der Waals surface area contributed by atoms with Gasteiger partial charge in [-0.05, 0) is 129 Å². The average molecular weight is 833 g/mol. The van der Waals surface area contributed by atoms with E-state index in [1.165, 1.54) is 82.7 Å². The van der Waals surface area contributed by atoms with Gasteiger partial charge in [-0.1, -0.05) is 220 Å². The van der Waals surface area contributed by atoms with Crippen LogP contribution in [0, 0.1) is 0 Å². The zero-order valence-electron chi connectivity index (χ0n) is 36.6. The highest BCUT2D eigenvalue weighted by atomic mass is 14.7. The van der Waals surface area contributed by atoms with Crippen molar-refractivity contribution in [2.45, 2.75) is 25.3 Å². The highest BCUT2D eigenvalue weighted by Crippen LogP contribution is 2.49. The van der Waals surface area contributed by atoms with Gasteiger partial charge in [-0.2, -0.15) is 0 Å². The van der Waals surface area contributed by atoms with Crippen molar-refractivity contribution >= 4 is 33.5 Å². The average Bonchev–Trinajstić information content (AvgIpc) is 3.60. The van der Waals surface area contributed by atoms with E-state index in [0.29, 0.717) is 0 Å². The molecule has 10 aromatic carbocycles. The molecule has 0 radical (unpaired) electrons. The molecule has 2 N–H and O–H groups in total. The summed E-state index contributed by atoms with van der Waals surface area (Å²) in [5.74, 6) is 0. The van der Waals surface area contributed by atoms with Crippen LogP contribution in [0.4, 0.5) is 0 Å². The van der Waals surface area contributed by atoms with Crippen LogP contribution in [0.15, 0.2) is 236 Å². The van der Waals surface area contributed by atoms with Crippen LogP contribution in [0.5, 0.6) is 0 Å². The molecule has 1 unspecified atom stereocenters. The van der Waals surface area contributed by atoms with Crippen LogP contribution in [-0.2, 0) is 5.41 Å². The molecule has 2 heteroatoms. The highest BCUT2D eigenvalue weighted by Gasteiger charge is 2.35. The Morgan fingerprint density at radius 1 is 0.431 bits per heavy atom. The largest absolute Gasteiger partial charge is 0.321 e. The molecule has 0 aromatic heterocycles. The number of nitrogens with two attached hydrogens (primary N) is 1. The van der Waals surface area contributed by atoms with E-state index < -0.39 is 0 Å². The first-order chi connectivity index (χ1) is 31.9. The summed E-state index contributed by atoms with van der Waals surface area (Å²) in [4.78, 5) is 4.94. The molecule has 0 amide bonds. The SMILES string of the molecule is CC1(C)c2ccccc2-c2ccc(-c3ccc(-c4ccc5c(-c6cccc7cc(-c8ccc(C=N/C(=C\C(N)c9ccccc9)c9ccccc9)cc8)ccc67)cccc5c4)cc3)cc21. The Balaban J connectivity index is 0.833. The van der Waals surface area contributed by atoms with Crippen LogP contribution < -0.4 is 5.73 Å². The lowest BCUT2D eigenvalue weighted by atomic mass is 9.81. The lowest BCUT2D eigenvalue weighted by Gasteiger charge is -2.22. The zero-order chi connectivity index (χ0) is 43.9. The van der Waals surface area contributed by atoms with Gasteiger partial charge in [-0.3, -0.25) is 4.99 Å². The van der Waals surface area contributed by atoms with E-state index in [0.717, 1.165) is 28.0 Å². The number of hydrogen-bond donors (Lipinski definition) is 1. The lowest BCUT2D eigenvalue weighted by Crippen LogP contribution is -2.14. The minimum atomic E-state index is -0.267. The molecule has 0 heterocycles. The summed E-state index contributed by atoms with van der Waals surface area (Å²) in [6, 6.07) is 80.6. The molecule has 10 aromatic rings. The smallest absolute Gasteiger partial charge is 0.0681 e. The van der Waals surface area contributed by atoms with Crippen LogP contribution in [0.25, 0.3) is 82.9 Å². The third-order valence-electron chi connectivity index (χ3n) is 13.4. The Morgan fingerprint density at radius 2 is 0.908 bits per heavy atom. The molecule has 0 saturated carbocycles. The van der Waals surface area contributed by atoms with E-state index in [-0.39, 0.29) is 11.5 Å². The van der Waals surface area contributed by atoms with Gasteiger partial charge in [0.15, 0.2) is 0 Å². The van der Waals surface area contributed by atoms with Crippen molar-refractivity contribution in [3.63, 3.8) is 0 Å². The van der Waals surface area contributed by atoms with Gasteiger partial charge in [-0.25, -0.2) is 0 Å². The fourth-order valence-electron chi connectivity index (χ4n) is 9.81. The molecule has 0 aliphatic heterocycles. The molecule has 0 bridgehead atoms. The third-order valence-corrected chi connectivity index (χ3v) is 13.4. The van der Waals surface area contributed by atoms with Gasteiger partial charge < -0.3 is 5.73 Å². The van der Waals surface area contributed by atoms with Crippen LogP contribution in [0.3, 0.4) is 0 Å². The van der Waals surface area contributed by atoms with Gasteiger partial charge in [0.25, 0.3) is 0 Å². The van der Waals surface area contributed by atoms with Crippen LogP contribution in [-0.4, -0.2) is 6.21 Å². The van der Waals surface area contributed by atoms with E-state index in [1.54, 1.807) is 0 Å². The molecule has 0 spiro atoms. The van der Waals surface area contributed by atoms with Crippen molar-refractivity contribution in [3.8, 4) is 55.6 Å². The second-order valence-corrected chi connectivity index (χ2v) is 17.7. The molecule has 2 nitrogen and oxygen atoms in total. The van der Waals surface area contributed by atoms with Gasteiger partial charge >= 0.3 is 0 Å². The van der Waals surface area contributed by atoms with Crippen molar-refractivity contribution in [3.05, 3.63) is 258 Å². The van der Waals surface area contributed by atoms with E-state index in [2.05, 4.69) is 202 Å². The second-order valence-electron chi connectivity index (χ2n) is 17.7. The maximum atomic E-state index is 6.61. The Hall–Kier alpha value is -7.91. The van der Waals surface area contributed by atoms with Crippen molar-refractivity contribution < 1.29 is 0 Å². The maximum Gasteiger partial charge on any atom is 0.0681 e. The number of rotatable bonds is 9. The Bertz CT molecular complexity index is 3430. The molecule has 1 aliphatic carbocycles. The monoisotopic (exact) mass is 832 g/mol. The number of hydrogen-bond acceptors (Lipinski definition) is 2. The third kappa shape index (κ3) is 7.58. The van der Waals surface area contributed by atoms with Crippen LogP contribution in [0.1, 0.15) is 47.7 Å². The first-order valence-electron chi connectivity index (χ1n) is 22.5. The fraction of sp³-hybridized carbons (Fsp3) is 0.0635. The normalized spacial score (nSPS) is 13.6. The number of nitrogens with zero attached hydrogens (tertiary/aromatic N) is 1. The van der Waals surface area contributed by atoms with E-state index >= 15 is 0 Å². The van der Waals surface area contributed by atoms with Crippen LogP contribution in [0.2, 0.25) is 0 Å². The molecule has 11 rings (SSSR count). The van der Waals surface area contributed by atoms with Gasteiger partial charge in [0, 0.05) is 11.6 Å². The van der Waals surface area contributed by atoms with Gasteiger partial charge in [0.1, 0.15) is 0 Å². The van der Waals surface area contributed by atoms with Crippen molar-refractivity contribution in [2.24, 2.45) is 10.7 Å². The standard InChI is InChI=1S/C63H48N2/c1-63(2)59-22-10-9-19-57(59)58-36-33-50(39-60(58)63)45-29-27-44(28-30-45)49-32-35-54-52(38-49)18-12-21-56(54)55-20-11-17-51-37-48(31-34-53(51)55)43-25-23-42(24-26-43)41-65-62(47-15-7-4-8-16-47)40-61(64)46-13-5-3-6-14-46/h3-41,61H,64H2,1-2H3/b62-40-,65-41?. The van der Waals surface area contributed by atoms with Crippen molar-refractivity contribution in [1.82, 2.24) is 0 Å². The maximum absolute atomic E-state index is 6.61. The minimum absolute atomic E-state index is 0.0165. The fourth-order valence-corrected chi connectivity index (χ4v) is 9.81. The summed E-state index contributed by atoms with van der Waals surface area (Å²) in [7, 11) is 0. The summed E-state index contributed by atoms with van der Waals surface area (Å²) in [5.41, 5.74) is 25.8. The Kier molecular flexibility index (Phi) is 10.2. The van der Waals surface area contributed by atoms with Gasteiger partial charge in [0.05, 0.1) is 11.7 Å². The van der Waals surface area contributed by atoms with Gasteiger partial charge in [-0.15, -0.1) is 0 Å². The highest BCUT2D eigenvalue weighted by molar-refractivity contribution is 6.07. The lowest BCUT2D eigenvalue weighted by molar-refractivity contribution is 0.660. The first-order valence-corrected chi connectivity index (χ1v) is 22.5. The molecular formula is C63H48N2. The topological polar surface area (TPSA) is 38.4 Å². The zero-order valence-corrected chi connectivity index (χ0v) is 36.6. The quantitative estimate of drug-likeness (QED) is 0.145. The number of aliphatic imine (C=N–C) groups is 1. The molecule has 65 heavy (non-hydrogen) atoms. The second kappa shape index (κ2) is 16.7. The molecule has 310 valence electrons. The summed E-state index contributed by atoms with van der Waals surface area (Å²) in [6.07, 6.45) is 3.95. The first kappa shape index (κ1) is 39.9. The summed E-state index contributed by atoms with van der Waals surface area (Å²) in [6.45, 7) is 4.69. The number of fused-ring (bicyclic) bond motifs is 5. The summed E-state index contributed by atoms with van der Waals surface area (Å²) in [5, 5.41) is 4.92. The predicted molar refractivity (Wildman–Crippen MR) is 276 cm³/mol. The molecule has 1 aliphatic rings. The van der Waals surface area contributed by atoms with Gasteiger partial charge in [0.2, 0.25) is 0 Å².